The Bertz CT molecular complexity index is 821. The Hall–Kier alpha value is -2.10. The smallest absolute Gasteiger partial charge is 0.184 e. The molecule has 3 N–H and O–H groups in total. The highest BCUT2D eigenvalue weighted by atomic mass is 32.1. The molecule has 3 heterocycles. The normalized spacial score (nSPS) is 23.8. The number of hydrogen-bond acceptors (Lipinski definition) is 8. The van der Waals surface area contributed by atoms with E-state index in [4.69, 9.17) is 0 Å². The highest BCUT2D eigenvalue weighted by Gasteiger charge is 2.35. The molecule has 1 saturated carbocycles. The van der Waals surface area contributed by atoms with Crippen LogP contribution in [0.15, 0.2) is 23.8 Å². The molecule has 3 atom stereocenters. The minimum atomic E-state index is -0.516. The van der Waals surface area contributed by atoms with Crippen molar-refractivity contribution in [3.8, 4) is 0 Å². The number of aliphatic hydroxyl groups is 2. The van der Waals surface area contributed by atoms with Crippen molar-refractivity contribution in [2.75, 3.05) is 11.9 Å². The monoisotopic (exact) mass is 346 g/mol. The van der Waals surface area contributed by atoms with Crippen LogP contribution in [0.2, 0.25) is 0 Å². The third-order valence-corrected chi connectivity index (χ3v) is 5.36. The van der Waals surface area contributed by atoms with E-state index >= 15 is 0 Å². The van der Waals surface area contributed by atoms with Gasteiger partial charge in [0, 0.05) is 17.4 Å². The van der Waals surface area contributed by atoms with Crippen LogP contribution in [0.3, 0.4) is 0 Å². The number of thiophene rings is 1. The van der Waals surface area contributed by atoms with Crippen molar-refractivity contribution >= 4 is 28.3 Å². The van der Waals surface area contributed by atoms with Gasteiger partial charge in [-0.2, -0.15) is 0 Å². The molecule has 9 heteroatoms. The number of anilines is 1. The largest absolute Gasteiger partial charge is 0.396 e. The van der Waals surface area contributed by atoms with Crippen molar-refractivity contribution in [2.24, 2.45) is 5.92 Å². The molecule has 0 saturated heterocycles. The zero-order valence-electron chi connectivity index (χ0n) is 12.9. The third-order valence-electron chi connectivity index (χ3n) is 4.48. The fourth-order valence-corrected chi connectivity index (χ4v) is 3.84. The molecule has 1 fully saturated rings. The lowest BCUT2D eigenvalue weighted by atomic mass is 10.1. The molecule has 1 aliphatic rings. The van der Waals surface area contributed by atoms with Crippen molar-refractivity contribution in [1.29, 1.82) is 0 Å². The summed E-state index contributed by atoms with van der Waals surface area (Å²) in [5.74, 6) is 0.532. The molecule has 0 bridgehead atoms. The van der Waals surface area contributed by atoms with Gasteiger partial charge >= 0.3 is 0 Å². The summed E-state index contributed by atoms with van der Waals surface area (Å²) in [6.45, 7) is 0.651. The van der Waals surface area contributed by atoms with E-state index in [1.54, 1.807) is 16.0 Å². The molecule has 0 amide bonds. The summed E-state index contributed by atoms with van der Waals surface area (Å²) in [7, 11) is 0. The summed E-state index contributed by atoms with van der Waals surface area (Å²) in [4.78, 5) is 9.79. The molecular weight excluding hydrogens is 328 g/mol. The van der Waals surface area contributed by atoms with Crippen molar-refractivity contribution in [3.05, 3.63) is 28.7 Å². The van der Waals surface area contributed by atoms with Gasteiger partial charge in [0.25, 0.3) is 0 Å². The van der Waals surface area contributed by atoms with Gasteiger partial charge in [0.05, 0.1) is 18.7 Å². The van der Waals surface area contributed by atoms with E-state index in [9.17, 15) is 10.2 Å². The average Bonchev–Trinajstić information content (AvgIpc) is 3.32. The molecule has 0 aliphatic heterocycles. The van der Waals surface area contributed by atoms with Crippen LogP contribution in [0.4, 0.5) is 5.82 Å². The molecule has 0 spiro atoms. The lowest BCUT2D eigenvalue weighted by Gasteiger charge is -2.10. The van der Waals surface area contributed by atoms with E-state index in [1.807, 2.05) is 11.4 Å². The van der Waals surface area contributed by atoms with Gasteiger partial charge in [0.15, 0.2) is 17.0 Å². The Morgan fingerprint density at radius 3 is 3.00 bits per heavy atom. The number of nitrogens with one attached hydrogen (secondary N) is 1. The average molecular weight is 346 g/mol. The fraction of sp³-hybridized carbons (Fsp3) is 0.467. The number of hydrogen-bond donors (Lipinski definition) is 3. The minimum absolute atomic E-state index is 0.0119. The summed E-state index contributed by atoms with van der Waals surface area (Å²) < 4.78 is 1.74. The third kappa shape index (κ3) is 2.74. The Kier molecular flexibility index (Phi) is 4.13. The zero-order valence-corrected chi connectivity index (χ0v) is 13.7. The van der Waals surface area contributed by atoms with Crippen LogP contribution < -0.4 is 5.32 Å². The number of aliphatic hydroxyl groups excluding tert-OH is 2. The first-order chi connectivity index (χ1) is 11.8. The van der Waals surface area contributed by atoms with Crippen LogP contribution >= 0.6 is 11.3 Å². The van der Waals surface area contributed by atoms with E-state index in [1.165, 1.54) is 11.2 Å². The Balaban J connectivity index is 1.59. The summed E-state index contributed by atoms with van der Waals surface area (Å²) in [6.07, 6.45) is 2.19. The quantitative estimate of drug-likeness (QED) is 0.637. The Morgan fingerprint density at radius 2 is 2.25 bits per heavy atom. The van der Waals surface area contributed by atoms with Crippen LogP contribution in [-0.2, 0) is 6.54 Å². The van der Waals surface area contributed by atoms with E-state index in [-0.39, 0.29) is 18.6 Å². The van der Waals surface area contributed by atoms with Gasteiger partial charge in [0.2, 0.25) is 0 Å². The fourth-order valence-electron chi connectivity index (χ4n) is 3.19. The van der Waals surface area contributed by atoms with E-state index in [0.717, 1.165) is 0 Å². The van der Waals surface area contributed by atoms with Crippen LogP contribution in [0, 0.1) is 5.92 Å². The van der Waals surface area contributed by atoms with E-state index in [0.29, 0.717) is 36.4 Å². The van der Waals surface area contributed by atoms with Gasteiger partial charge in [-0.1, -0.05) is 11.3 Å². The molecule has 3 aromatic rings. The predicted octanol–water partition coefficient (Wildman–Crippen LogP) is 1.20. The zero-order chi connectivity index (χ0) is 16.5. The van der Waals surface area contributed by atoms with Crippen molar-refractivity contribution in [1.82, 2.24) is 25.0 Å². The Labute approximate surface area is 142 Å². The highest BCUT2D eigenvalue weighted by Crippen LogP contribution is 2.35. The number of fused-ring (bicyclic) bond motifs is 1. The molecule has 4 rings (SSSR count). The topological polar surface area (TPSA) is 109 Å². The van der Waals surface area contributed by atoms with Crippen molar-refractivity contribution in [2.45, 2.75) is 31.5 Å². The second-order valence-electron chi connectivity index (χ2n) is 6.00. The predicted molar refractivity (Wildman–Crippen MR) is 89.6 cm³/mol. The van der Waals surface area contributed by atoms with Crippen LogP contribution in [0.25, 0.3) is 11.2 Å². The van der Waals surface area contributed by atoms with Gasteiger partial charge in [-0.25, -0.2) is 14.6 Å². The van der Waals surface area contributed by atoms with Crippen molar-refractivity contribution < 1.29 is 10.2 Å². The summed E-state index contributed by atoms with van der Waals surface area (Å²) >= 11 is 1.68. The maximum Gasteiger partial charge on any atom is 0.184 e. The van der Waals surface area contributed by atoms with Crippen molar-refractivity contribution in [3.63, 3.8) is 0 Å². The lowest BCUT2D eigenvalue weighted by molar-refractivity contribution is 0.0906. The molecular formula is C15H18N6O2S. The molecule has 24 heavy (non-hydrogen) atoms. The summed E-state index contributed by atoms with van der Waals surface area (Å²) in [6, 6.07) is 4.06. The highest BCUT2D eigenvalue weighted by molar-refractivity contribution is 7.09. The summed E-state index contributed by atoms with van der Waals surface area (Å²) in [5.41, 5.74) is 1.27. The first kappa shape index (κ1) is 15.4. The second-order valence-corrected chi connectivity index (χ2v) is 7.03. The molecule has 3 unspecified atom stereocenters. The van der Waals surface area contributed by atoms with Gasteiger partial charge in [-0.3, -0.25) is 0 Å². The van der Waals surface area contributed by atoms with E-state index in [2.05, 4.69) is 31.7 Å². The minimum Gasteiger partial charge on any atom is -0.396 e. The first-order valence-corrected chi connectivity index (χ1v) is 8.75. The SMILES string of the molecule is OCC1CC(n2nnc3c(NCc4cccs4)ncnc32)CC1O. The standard InChI is InChI=1S/C15H18N6O2S/c22-7-9-4-10(5-12(9)23)21-15-13(19-20-21)14(17-8-18-15)16-6-11-2-1-3-24-11/h1-3,8-10,12,22-23H,4-7H2,(H,16,17,18). The molecule has 3 aromatic heterocycles. The number of aromatic nitrogens is 5. The molecule has 0 aromatic carbocycles. The van der Waals surface area contributed by atoms with Crippen LogP contribution in [0.1, 0.15) is 23.8 Å². The van der Waals surface area contributed by atoms with E-state index < -0.39 is 6.10 Å². The van der Waals surface area contributed by atoms with Gasteiger partial charge < -0.3 is 15.5 Å². The molecule has 126 valence electrons. The Morgan fingerprint density at radius 1 is 1.33 bits per heavy atom. The van der Waals surface area contributed by atoms with Gasteiger partial charge in [0.1, 0.15) is 6.33 Å². The van der Waals surface area contributed by atoms with Crippen LogP contribution in [-0.4, -0.2) is 47.9 Å². The van der Waals surface area contributed by atoms with Gasteiger partial charge in [-0.05, 0) is 24.3 Å². The molecule has 1 aliphatic carbocycles. The first-order valence-electron chi connectivity index (χ1n) is 7.87. The number of nitrogens with zero attached hydrogens (tertiary/aromatic N) is 5. The number of rotatable bonds is 5. The maximum atomic E-state index is 10.0. The lowest BCUT2D eigenvalue weighted by Crippen LogP contribution is -2.16. The second kappa shape index (κ2) is 6.42. The van der Waals surface area contributed by atoms with Gasteiger partial charge in [-0.15, -0.1) is 16.4 Å². The molecule has 0 radical (unpaired) electrons. The maximum absolute atomic E-state index is 10.0. The molecule has 8 nitrogen and oxygen atoms in total. The summed E-state index contributed by atoms with van der Waals surface area (Å²) in [5, 5.41) is 33.1. The van der Waals surface area contributed by atoms with Crippen LogP contribution in [0.5, 0.6) is 0 Å².